The number of carbonyl (C=O) groups is 1. The molecule has 1 atom stereocenters. The fourth-order valence-corrected chi connectivity index (χ4v) is 1.12. The van der Waals surface area contributed by atoms with Crippen molar-refractivity contribution < 1.29 is 18.0 Å². The first-order chi connectivity index (χ1) is 8.80. The molecule has 0 aliphatic rings. The standard InChI is InChI=1S/C10H14F3N5O.ClH/c1-6(14)8(19)15-4-5-17-9-16-3-2-7(18-9)10(11,12)13;/h2-3,6H,4-5,14H2,1H3,(H,15,19)(H,16,17,18);1H/t6-;/m1./s1. The molecule has 1 rings (SSSR count). The lowest BCUT2D eigenvalue weighted by atomic mass is 10.3. The van der Waals surface area contributed by atoms with E-state index in [0.29, 0.717) is 0 Å². The van der Waals surface area contributed by atoms with E-state index in [1.807, 2.05) is 0 Å². The van der Waals surface area contributed by atoms with E-state index in [1.165, 1.54) is 6.92 Å². The van der Waals surface area contributed by atoms with Crippen molar-refractivity contribution in [2.24, 2.45) is 5.73 Å². The van der Waals surface area contributed by atoms with Gasteiger partial charge < -0.3 is 16.4 Å². The van der Waals surface area contributed by atoms with Crippen molar-refractivity contribution in [3.05, 3.63) is 18.0 Å². The van der Waals surface area contributed by atoms with Gasteiger partial charge in [0.2, 0.25) is 11.9 Å². The van der Waals surface area contributed by atoms with Crippen LogP contribution in [0.5, 0.6) is 0 Å². The van der Waals surface area contributed by atoms with Gasteiger partial charge in [-0.25, -0.2) is 9.97 Å². The minimum Gasteiger partial charge on any atom is -0.353 e. The third kappa shape index (κ3) is 6.02. The number of carbonyl (C=O) groups excluding carboxylic acids is 1. The van der Waals surface area contributed by atoms with Crippen LogP contribution in [0.25, 0.3) is 0 Å². The number of hydrogen-bond acceptors (Lipinski definition) is 5. The molecule has 0 saturated heterocycles. The van der Waals surface area contributed by atoms with Gasteiger partial charge in [-0.3, -0.25) is 4.79 Å². The molecule has 0 unspecified atom stereocenters. The van der Waals surface area contributed by atoms with Gasteiger partial charge in [0.1, 0.15) is 5.69 Å². The fourth-order valence-electron chi connectivity index (χ4n) is 1.12. The second-order valence-electron chi connectivity index (χ2n) is 3.77. The predicted octanol–water partition coefficient (Wildman–Crippen LogP) is 0.792. The summed E-state index contributed by atoms with van der Waals surface area (Å²) in [6.07, 6.45) is -3.50. The van der Waals surface area contributed by atoms with E-state index in [0.717, 1.165) is 12.3 Å². The Morgan fingerprint density at radius 2 is 2.10 bits per heavy atom. The fraction of sp³-hybridized carbons (Fsp3) is 0.500. The summed E-state index contributed by atoms with van der Waals surface area (Å²) in [7, 11) is 0. The van der Waals surface area contributed by atoms with E-state index < -0.39 is 17.9 Å². The molecule has 20 heavy (non-hydrogen) atoms. The predicted molar refractivity (Wildman–Crippen MR) is 69.4 cm³/mol. The van der Waals surface area contributed by atoms with Crippen LogP contribution >= 0.6 is 12.4 Å². The van der Waals surface area contributed by atoms with E-state index in [1.54, 1.807) is 0 Å². The van der Waals surface area contributed by atoms with Gasteiger partial charge in [0, 0.05) is 19.3 Å². The summed E-state index contributed by atoms with van der Waals surface area (Å²) in [6, 6.07) is 0.146. The number of halogens is 4. The first-order valence-electron chi connectivity index (χ1n) is 5.48. The highest BCUT2D eigenvalue weighted by Crippen LogP contribution is 2.27. The monoisotopic (exact) mass is 313 g/mol. The van der Waals surface area contributed by atoms with Crippen LogP contribution in [-0.4, -0.2) is 35.0 Å². The Balaban J connectivity index is 0.00000361. The Bertz CT molecular complexity index is 441. The molecule has 1 heterocycles. The smallest absolute Gasteiger partial charge is 0.353 e. The SMILES string of the molecule is C[C@@H](N)C(=O)NCCNc1nccc(C(F)(F)F)n1.Cl. The third-order valence-corrected chi connectivity index (χ3v) is 2.07. The summed E-state index contributed by atoms with van der Waals surface area (Å²) < 4.78 is 37.1. The summed E-state index contributed by atoms with van der Waals surface area (Å²) in [4.78, 5) is 18.1. The van der Waals surface area contributed by atoms with E-state index in [9.17, 15) is 18.0 Å². The van der Waals surface area contributed by atoms with Crippen LogP contribution in [0.2, 0.25) is 0 Å². The summed E-state index contributed by atoms with van der Waals surface area (Å²) in [5, 5.41) is 5.07. The van der Waals surface area contributed by atoms with Crippen LogP contribution in [0.15, 0.2) is 12.3 Å². The number of nitrogens with two attached hydrogens (primary N) is 1. The Labute approximate surface area is 119 Å². The quantitative estimate of drug-likeness (QED) is 0.699. The van der Waals surface area contributed by atoms with E-state index in [2.05, 4.69) is 20.6 Å². The number of anilines is 1. The number of aromatic nitrogens is 2. The number of amides is 1. The Hall–Kier alpha value is -1.61. The first-order valence-corrected chi connectivity index (χ1v) is 5.48. The Kier molecular flexibility index (Phi) is 7.22. The molecule has 114 valence electrons. The molecule has 0 aliphatic carbocycles. The summed E-state index contributed by atoms with van der Waals surface area (Å²) in [5.41, 5.74) is 4.29. The summed E-state index contributed by atoms with van der Waals surface area (Å²) >= 11 is 0. The lowest BCUT2D eigenvalue weighted by molar-refractivity contribution is -0.141. The normalized spacial score (nSPS) is 12.2. The lowest BCUT2D eigenvalue weighted by Crippen LogP contribution is -2.40. The van der Waals surface area contributed by atoms with Crippen molar-refractivity contribution in [3.8, 4) is 0 Å². The maximum Gasteiger partial charge on any atom is 0.433 e. The van der Waals surface area contributed by atoms with Crippen LogP contribution in [0, 0.1) is 0 Å². The van der Waals surface area contributed by atoms with Crippen LogP contribution < -0.4 is 16.4 Å². The molecule has 0 spiro atoms. The Morgan fingerprint density at radius 1 is 1.45 bits per heavy atom. The van der Waals surface area contributed by atoms with Crippen molar-refractivity contribution in [2.75, 3.05) is 18.4 Å². The van der Waals surface area contributed by atoms with E-state index >= 15 is 0 Å². The van der Waals surface area contributed by atoms with Crippen LogP contribution in [-0.2, 0) is 11.0 Å². The molecule has 0 saturated carbocycles. The molecular formula is C10H15ClF3N5O. The van der Waals surface area contributed by atoms with Gasteiger partial charge in [0.15, 0.2) is 0 Å². The number of nitrogens with zero attached hydrogens (tertiary/aromatic N) is 2. The summed E-state index contributed by atoms with van der Waals surface area (Å²) in [6.45, 7) is 1.93. The highest BCUT2D eigenvalue weighted by molar-refractivity contribution is 5.85. The van der Waals surface area contributed by atoms with Crippen molar-refractivity contribution in [3.63, 3.8) is 0 Å². The highest BCUT2D eigenvalue weighted by Gasteiger charge is 2.32. The van der Waals surface area contributed by atoms with Gasteiger partial charge in [-0.2, -0.15) is 13.2 Å². The van der Waals surface area contributed by atoms with Crippen molar-refractivity contribution >= 4 is 24.3 Å². The molecular weight excluding hydrogens is 299 g/mol. The number of rotatable bonds is 5. The molecule has 0 aliphatic heterocycles. The average molecular weight is 314 g/mol. The molecule has 0 bridgehead atoms. The lowest BCUT2D eigenvalue weighted by Gasteiger charge is -2.10. The Morgan fingerprint density at radius 3 is 2.65 bits per heavy atom. The zero-order valence-electron chi connectivity index (χ0n) is 10.6. The molecule has 4 N–H and O–H groups in total. The largest absolute Gasteiger partial charge is 0.433 e. The zero-order chi connectivity index (χ0) is 14.5. The van der Waals surface area contributed by atoms with Crippen molar-refractivity contribution in [2.45, 2.75) is 19.1 Å². The molecule has 0 radical (unpaired) electrons. The molecule has 1 amide bonds. The van der Waals surface area contributed by atoms with Crippen molar-refractivity contribution in [1.29, 1.82) is 0 Å². The van der Waals surface area contributed by atoms with Crippen LogP contribution in [0.1, 0.15) is 12.6 Å². The van der Waals surface area contributed by atoms with E-state index in [-0.39, 0.29) is 37.4 Å². The van der Waals surface area contributed by atoms with Gasteiger partial charge >= 0.3 is 6.18 Å². The van der Waals surface area contributed by atoms with Gasteiger partial charge in [-0.15, -0.1) is 12.4 Å². The first kappa shape index (κ1) is 18.4. The molecule has 0 fully saturated rings. The second kappa shape index (κ2) is 7.85. The molecule has 10 heteroatoms. The number of alkyl halides is 3. The van der Waals surface area contributed by atoms with Crippen LogP contribution in [0.4, 0.5) is 19.1 Å². The van der Waals surface area contributed by atoms with E-state index in [4.69, 9.17) is 5.73 Å². The third-order valence-electron chi connectivity index (χ3n) is 2.07. The average Bonchev–Trinajstić information content (AvgIpc) is 2.33. The maximum atomic E-state index is 12.4. The number of hydrogen-bond donors (Lipinski definition) is 3. The summed E-state index contributed by atoms with van der Waals surface area (Å²) in [5.74, 6) is -0.489. The van der Waals surface area contributed by atoms with Crippen LogP contribution in [0.3, 0.4) is 0 Å². The molecule has 0 aromatic carbocycles. The maximum absolute atomic E-state index is 12.4. The zero-order valence-corrected chi connectivity index (χ0v) is 11.4. The minimum absolute atomic E-state index is 0. The van der Waals surface area contributed by atoms with Gasteiger partial charge in [0.25, 0.3) is 0 Å². The molecule has 6 nitrogen and oxygen atoms in total. The molecule has 1 aromatic heterocycles. The second-order valence-corrected chi connectivity index (χ2v) is 3.77. The van der Waals surface area contributed by atoms with Gasteiger partial charge in [0.05, 0.1) is 6.04 Å². The number of nitrogens with one attached hydrogen (secondary N) is 2. The van der Waals surface area contributed by atoms with Crippen molar-refractivity contribution in [1.82, 2.24) is 15.3 Å². The molecule has 1 aromatic rings. The van der Waals surface area contributed by atoms with Gasteiger partial charge in [-0.05, 0) is 13.0 Å². The highest BCUT2D eigenvalue weighted by atomic mass is 35.5. The van der Waals surface area contributed by atoms with Gasteiger partial charge in [-0.1, -0.05) is 0 Å². The minimum atomic E-state index is -4.51. The topological polar surface area (TPSA) is 92.9 Å².